The van der Waals surface area contributed by atoms with Crippen LogP contribution in [0, 0.1) is 0 Å². The van der Waals surface area contributed by atoms with Crippen molar-refractivity contribution in [1.29, 1.82) is 0 Å². The number of rotatable bonds is 13. The highest BCUT2D eigenvalue weighted by molar-refractivity contribution is 5.68. The van der Waals surface area contributed by atoms with E-state index in [-0.39, 0.29) is 11.5 Å². The summed E-state index contributed by atoms with van der Waals surface area (Å²) < 4.78 is 0. The summed E-state index contributed by atoms with van der Waals surface area (Å²) in [6, 6.07) is 13.7. The first-order valence-electron chi connectivity index (χ1n) is 11.0. The second-order valence-corrected chi connectivity index (χ2v) is 7.77. The highest BCUT2D eigenvalue weighted by Crippen LogP contribution is 2.35. The third-order valence-electron chi connectivity index (χ3n) is 5.33. The van der Waals surface area contributed by atoms with Crippen LogP contribution in [-0.4, -0.2) is 28.2 Å². The van der Waals surface area contributed by atoms with E-state index >= 15 is 0 Å². The molecule has 3 heteroatoms. The molecule has 0 radical (unpaired) electrons. The van der Waals surface area contributed by atoms with E-state index in [1.165, 1.54) is 51.4 Å². The zero-order chi connectivity index (χ0) is 20.2. The molecular formula is C25H37NO2. The normalized spacial score (nSPS) is 11.2. The van der Waals surface area contributed by atoms with E-state index in [1.807, 2.05) is 36.4 Å². The fourth-order valence-corrected chi connectivity index (χ4v) is 3.63. The maximum absolute atomic E-state index is 10.5. The van der Waals surface area contributed by atoms with Gasteiger partial charge in [0.2, 0.25) is 0 Å². The molecule has 0 heterocycles. The molecule has 0 saturated heterocycles. The van der Waals surface area contributed by atoms with Crippen LogP contribution < -0.4 is 0 Å². The number of benzene rings is 2. The lowest BCUT2D eigenvalue weighted by Crippen LogP contribution is -2.25. The summed E-state index contributed by atoms with van der Waals surface area (Å²) in [6.07, 6.45) is 9.92. The van der Waals surface area contributed by atoms with Crippen molar-refractivity contribution < 1.29 is 10.2 Å². The Morgan fingerprint density at radius 1 is 0.714 bits per heavy atom. The van der Waals surface area contributed by atoms with Crippen molar-refractivity contribution in [3.63, 3.8) is 0 Å². The van der Waals surface area contributed by atoms with E-state index in [1.54, 1.807) is 6.07 Å². The number of aromatic hydroxyl groups is 2. The van der Waals surface area contributed by atoms with E-state index in [2.05, 4.69) is 18.7 Å². The average Bonchev–Trinajstić information content (AvgIpc) is 2.72. The summed E-state index contributed by atoms with van der Waals surface area (Å²) >= 11 is 0. The van der Waals surface area contributed by atoms with Crippen LogP contribution in [0.15, 0.2) is 42.5 Å². The zero-order valence-electron chi connectivity index (χ0n) is 17.7. The minimum Gasteiger partial charge on any atom is -0.504 e. The summed E-state index contributed by atoms with van der Waals surface area (Å²) in [5, 5.41) is 20.7. The maximum Gasteiger partial charge on any atom is 0.162 e. The van der Waals surface area contributed by atoms with Crippen LogP contribution in [0.4, 0.5) is 0 Å². The minimum atomic E-state index is -0.0340. The lowest BCUT2D eigenvalue weighted by atomic mass is 10.0. The van der Waals surface area contributed by atoms with Gasteiger partial charge in [0.25, 0.3) is 0 Å². The van der Waals surface area contributed by atoms with Gasteiger partial charge in [0.1, 0.15) is 0 Å². The fraction of sp³-hybridized carbons (Fsp3) is 0.520. The van der Waals surface area contributed by atoms with Crippen LogP contribution in [0.3, 0.4) is 0 Å². The molecule has 2 aromatic carbocycles. The van der Waals surface area contributed by atoms with Gasteiger partial charge >= 0.3 is 0 Å². The Morgan fingerprint density at radius 2 is 1.32 bits per heavy atom. The summed E-state index contributed by atoms with van der Waals surface area (Å²) in [6.45, 7) is 7.24. The summed E-state index contributed by atoms with van der Waals surface area (Å²) in [5.74, 6) is -0.0138. The maximum atomic E-state index is 10.5. The number of nitrogens with zero attached hydrogens (tertiary/aromatic N) is 1. The highest BCUT2D eigenvalue weighted by atomic mass is 16.3. The predicted molar refractivity (Wildman–Crippen MR) is 119 cm³/mol. The molecule has 3 nitrogen and oxygen atoms in total. The van der Waals surface area contributed by atoms with Gasteiger partial charge in [0.15, 0.2) is 11.5 Å². The van der Waals surface area contributed by atoms with Crippen LogP contribution in [0.5, 0.6) is 11.5 Å². The zero-order valence-corrected chi connectivity index (χ0v) is 17.7. The quantitative estimate of drug-likeness (QED) is 0.298. The Hall–Kier alpha value is -2.00. The van der Waals surface area contributed by atoms with Crippen molar-refractivity contribution in [2.45, 2.75) is 71.8 Å². The van der Waals surface area contributed by atoms with Crippen molar-refractivity contribution in [3.8, 4) is 22.6 Å². The van der Waals surface area contributed by atoms with Crippen molar-refractivity contribution in [3.05, 3.63) is 48.0 Å². The Morgan fingerprint density at radius 3 is 1.89 bits per heavy atom. The van der Waals surface area contributed by atoms with Crippen LogP contribution in [0.1, 0.15) is 70.8 Å². The van der Waals surface area contributed by atoms with E-state index in [4.69, 9.17) is 0 Å². The third kappa shape index (κ3) is 7.20. The van der Waals surface area contributed by atoms with Gasteiger partial charge in [-0.3, -0.25) is 4.90 Å². The molecule has 154 valence electrons. The molecule has 0 aliphatic heterocycles. The highest BCUT2D eigenvalue weighted by Gasteiger charge is 2.14. The largest absolute Gasteiger partial charge is 0.504 e. The molecule has 0 unspecified atom stereocenters. The van der Waals surface area contributed by atoms with Crippen LogP contribution in [0.25, 0.3) is 11.1 Å². The lowest BCUT2D eigenvalue weighted by Gasteiger charge is -2.23. The monoisotopic (exact) mass is 383 g/mol. The predicted octanol–water partition coefficient (Wildman–Crippen LogP) is 6.73. The Balaban J connectivity index is 2.12. The molecule has 0 saturated carbocycles. The van der Waals surface area contributed by atoms with Gasteiger partial charge in [0.05, 0.1) is 0 Å². The van der Waals surface area contributed by atoms with Crippen LogP contribution in [0.2, 0.25) is 0 Å². The number of phenols is 2. The van der Waals surface area contributed by atoms with E-state index in [9.17, 15) is 10.2 Å². The topological polar surface area (TPSA) is 43.7 Å². The van der Waals surface area contributed by atoms with E-state index < -0.39 is 0 Å². The summed E-state index contributed by atoms with van der Waals surface area (Å²) in [7, 11) is 0. The van der Waals surface area contributed by atoms with Crippen molar-refractivity contribution >= 4 is 0 Å². The molecule has 2 rings (SSSR count). The van der Waals surface area contributed by atoms with Gasteiger partial charge in [-0.05, 0) is 49.2 Å². The Kier molecular flexibility index (Phi) is 9.92. The molecule has 0 aliphatic rings. The van der Waals surface area contributed by atoms with Gasteiger partial charge < -0.3 is 10.2 Å². The second kappa shape index (κ2) is 12.5. The van der Waals surface area contributed by atoms with Crippen LogP contribution >= 0.6 is 0 Å². The minimum absolute atomic E-state index is 0.0202. The Bertz CT molecular complexity index is 672. The number of phenolic OH excluding ortho intramolecular Hbond substituents is 2. The molecular weight excluding hydrogens is 346 g/mol. The van der Waals surface area contributed by atoms with Crippen molar-refractivity contribution in [2.75, 3.05) is 13.1 Å². The molecule has 0 fully saturated rings. The molecule has 0 spiro atoms. The van der Waals surface area contributed by atoms with Gasteiger partial charge in [-0.25, -0.2) is 0 Å². The standard InChI is InChI=1S/C25H37NO2/c1-3-5-7-12-16-26(17-13-8-6-4-2)20-23-18-22(19-24(27)25(23)28)21-14-10-9-11-15-21/h9-11,14-15,18-19,27-28H,3-8,12-13,16-17,20H2,1-2H3. The van der Waals surface area contributed by atoms with Crippen molar-refractivity contribution in [1.82, 2.24) is 4.90 Å². The second-order valence-electron chi connectivity index (χ2n) is 7.77. The molecule has 28 heavy (non-hydrogen) atoms. The van der Waals surface area contributed by atoms with Gasteiger partial charge in [-0.1, -0.05) is 82.7 Å². The average molecular weight is 384 g/mol. The van der Waals surface area contributed by atoms with Crippen LogP contribution in [-0.2, 0) is 6.54 Å². The molecule has 0 bridgehead atoms. The third-order valence-corrected chi connectivity index (χ3v) is 5.33. The first-order valence-corrected chi connectivity index (χ1v) is 11.0. The summed E-state index contributed by atoms with van der Waals surface area (Å²) in [5.41, 5.74) is 2.81. The first kappa shape index (κ1) is 22.3. The van der Waals surface area contributed by atoms with Crippen molar-refractivity contribution in [2.24, 2.45) is 0 Å². The van der Waals surface area contributed by atoms with Gasteiger partial charge in [-0.2, -0.15) is 0 Å². The molecule has 0 aliphatic carbocycles. The molecule has 2 N–H and O–H groups in total. The molecule has 0 aromatic heterocycles. The fourth-order valence-electron chi connectivity index (χ4n) is 3.63. The summed E-state index contributed by atoms with van der Waals surface area (Å²) in [4.78, 5) is 2.44. The number of unbranched alkanes of at least 4 members (excludes halogenated alkanes) is 6. The van der Waals surface area contributed by atoms with Gasteiger partial charge in [-0.15, -0.1) is 0 Å². The van der Waals surface area contributed by atoms with E-state index in [0.29, 0.717) is 6.54 Å². The number of hydrogen-bond donors (Lipinski definition) is 2. The lowest BCUT2D eigenvalue weighted by molar-refractivity contribution is 0.248. The molecule has 0 atom stereocenters. The van der Waals surface area contributed by atoms with Gasteiger partial charge in [0, 0.05) is 12.1 Å². The first-order chi connectivity index (χ1) is 13.7. The molecule has 0 amide bonds. The smallest absolute Gasteiger partial charge is 0.162 e. The SMILES string of the molecule is CCCCCCN(CCCCCC)Cc1cc(-c2ccccc2)cc(O)c1O. The molecule has 2 aromatic rings. The number of hydrogen-bond acceptors (Lipinski definition) is 3. The van der Waals surface area contributed by atoms with E-state index in [0.717, 1.165) is 29.8 Å². The Labute approximate surface area is 171 Å².